The Hall–Kier alpha value is -0.570. The first kappa shape index (κ1) is 15.5. The first-order valence-electron chi connectivity index (χ1n) is 6.52. The molecular weight excluding hydrogens is 246 g/mol. The molecule has 0 radical (unpaired) electrons. The highest BCUT2D eigenvalue weighted by Crippen LogP contribution is 2.25. The maximum absolute atomic E-state index is 5.94. The quantitative estimate of drug-likeness (QED) is 0.815. The summed E-state index contributed by atoms with van der Waals surface area (Å²) in [6, 6.07) is 8.63. The fourth-order valence-electron chi connectivity index (χ4n) is 2.10. The summed E-state index contributed by atoms with van der Waals surface area (Å²) in [5.41, 5.74) is 1.32. The molecule has 0 aliphatic carbocycles. The van der Waals surface area contributed by atoms with Gasteiger partial charge in [-0.2, -0.15) is 0 Å². The van der Waals surface area contributed by atoms with Crippen LogP contribution >= 0.6 is 11.6 Å². The molecule has 2 atom stereocenters. The SMILES string of the molecule is COCC(C)C(CNC(C)C)c1ccc(Cl)cc1. The molecular formula is C15H24ClNO. The summed E-state index contributed by atoms with van der Waals surface area (Å²) in [5.74, 6) is 0.923. The number of halogens is 1. The Bertz CT molecular complexity index is 337. The molecule has 0 amide bonds. The van der Waals surface area contributed by atoms with E-state index in [-0.39, 0.29) is 0 Å². The van der Waals surface area contributed by atoms with Gasteiger partial charge in [-0.1, -0.05) is 44.5 Å². The van der Waals surface area contributed by atoms with Gasteiger partial charge in [-0.3, -0.25) is 0 Å². The minimum atomic E-state index is 0.449. The van der Waals surface area contributed by atoms with Gasteiger partial charge in [0, 0.05) is 37.2 Å². The lowest BCUT2D eigenvalue weighted by atomic mass is 9.87. The monoisotopic (exact) mass is 269 g/mol. The van der Waals surface area contributed by atoms with Crippen molar-refractivity contribution in [3.05, 3.63) is 34.9 Å². The van der Waals surface area contributed by atoms with E-state index >= 15 is 0 Å². The first-order chi connectivity index (χ1) is 8.54. The number of hydrogen-bond acceptors (Lipinski definition) is 2. The Morgan fingerprint density at radius 1 is 1.17 bits per heavy atom. The topological polar surface area (TPSA) is 21.3 Å². The van der Waals surface area contributed by atoms with Gasteiger partial charge in [0.25, 0.3) is 0 Å². The number of hydrogen-bond donors (Lipinski definition) is 1. The highest BCUT2D eigenvalue weighted by atomic mass is 35.5. The lowest BCUT2D eigenvalue weighted by Gasteiger charge is -2.25. The van der Waals surface area contributed by atoms with Gasteiger partial charge in [0.2, 0.25) is 0 Å². The second kappa shape index (κ2) is 7.78. The summed E-state index contributed by atoms with van der Waals surface area (Å²) in [7, 11) is 1.76. The lowest BCUT2D eigenvalue weighted by Crippen LogP contribution is -2.31. The van der Waals surface area contributed by atoms with Crippen molar-refractivity contribution in [2.75, 3.05) is 20.3 Å². The van der Waals surface area contributed by atoms with Crippen LogP contribution in [0, 0.1) is 5.92 Å². The van der Waals surface area contributed by atoms with E-state index in [1.165, 1.54) is 5.56 Å². The van der Waals surface area contributed by atoms with Gasteiger partial charge >= 0.3 is 0 Å². The number of nitrogens with one attached hydrogen (secondary N) is 1. The predicted octanol–water partition coefficient (Wildman–Crippen LogP) is 3.70. The van der Waals surface area contributed by atoms with E-state index in [4.69, 9.17) is 16.3 Å². The van der Waals surface area contributed by atoms with Crippen LogP contribution in [0.5, 0.6) is 0 Å². The number of methoxy groups -OCH3 is 1. The van der Waals surface area contributed by atoms with Crippen molar-refractivity contribution in [2.45, 2.75) is 32.7 Å². The van der Waals surface area contributed by atoms with Crippen LogP contribution < -0.4 is 5.32 Å². The van der Waals surface area contributed by atoms with Gasteiger partial charge in [0.15, 0.2) is 0 Å². The van der Waals surface area contributed by atoms with Gasteiger partial charge in [0.1, 0.15) is 0 Å². The molecule has 1 aromatic rings. The number of rotatable bonds is 7. The third-order valence-electron chi connectivity index (χ3n) is 3.16. The van der Waals surface area contributed by atoms with E-state index in [2.05, 4.69) is 38.2 Å². The highest BCUT2D eigenvalue weighted by molar-refractivity contribution is 6.30. The fourth-order valence-corrected chi connectivity index (χ4v) is 2.23. The molecule has 0 heterocycles. The lowest BCUT2D eigenvalue weighted by molar-refractivity contribution is 0.145. The smallest absolute Gasteiger partial charge is 0.0494 e. The largest absolute Gasteiger partial charge is 0.384 e. The molecule has 2 unspecified atom stereocenters. The zero-order valence-electron chi connectivity index (χ0n) is 11.7. The second-order valence-electron chi connectivity index (χ2n) is 5.15. The molecule has 0 saturated heterocycles. The molecule has 2 nitrogen and oxygen atoms in total. The second-order valence-corrected chi connectivity index (χ2v) is 5.59. The summed E-state index contributed by atoms with van der Waals surface area (Å²) in [4.78, 5) is 0. The summed E-state index contributed by atoms with van der Waals surface area (Å²) in [6.07, 6.45) is 0. The van der Waals surface area contributed by atoms with Crippen LogP contribution in [-0.4, -0.2) is 26.3 Å². The Morgan fingerprint density at radius 3 is 2.28 bits per heavy atom. The van der Waals surface area contributed by atoms with E-state index in [1.807, 2.05) is 12.1 Å². The van der Waals surface area contributed by atoms with Crippen molar-refractivity contribution >= 4 is 11.6 Å². The minimum Gasteiger partial charge on any atom is -0.384 e. The number of ether oxygens (including phenoxy) is 1. The van der Waals surface area contributed by atoms with E-state index < -0.39 is 0 Å². The molecule has 1 aromatic carbocycles. The van der Waals surface area contributed by atoms with Gasteiger partial charge in [-0.15, -0.1) is 0 Å². The van der Waals surface area contributed by atoms with Crippen LogP contribution in [0.1, 0.15) is 32.3 Å². The van der Waals surface area contributed by atoms with Gasteiger partial charge in [-0.25, -0.2) is 0 Å². The number of benzene rings is 1. The molecule has 102 valence electrons. The van der Waals surface area contributed by atoms with Crippen LogP contribution in [0.3, 0.4) is 0 Å². The zero-order chi connectivity index (χ0) is 13.5. The standard InChI is InChI=1S/C15H24ClNO/c1-11(2)17-9-15(12(3)10-18-4)13-5-7-14(16)8-6-13/h5-8,11-12,15,17H,9-10H2,1-4H3. The average Bonchev–Trinajstić information content (AvgIpc) is 2.31. The molecule has 18 heavy (non-hydrogen) atoms. The molecule has 0 bridgehead atoms. The maximum Gasteiger partial charge on any atom is 0.0494 e. The van der Waals surface area contributed by atoms with E-state index in [0.29, 0.717) is 17.9 Å². The van der Waals surface area contributed by atoms with Crippen LogP contribution in [0.2, 0.25) is 5.02 Å². The van der Waals surface area contributed by atoms with Gasteiger partial charge < -0.3 is 10.1 Å². The summed E-state index contributed by atoms with van der Waals surface area (Å²) >= 11 is 5.94. The Morgan fingerprint density at radius 2 is 1.78 bits per heavy atom. The Kier molecular flexibility index (Phi) is 6.69. The molecule has 0 aliphatic heterocycles. The molecule has 0 aromatic heterocycles. The van der Waals surface area contributed by atoms with Crippen molar-refractivity contribution in [3.63, 3.8) is 0 Å². The third-order valence-corrected chi connectivity index (χ3v) is 3.41. The Balaban J connectivity index is 2.78. The molecule has 0 fully saturated rings. The van der Waals surface area contributed by atoms with Crippen molar-refractivity contribution in [3.8, 4) is 0 Å². The predicted molar refractivity (Wildman–Crippen MR) is 78.4 cm³/mol. The summed E-state index contributed by atoms with van der Waals surface area (Å²) in [5, 5.41) is 4.30. The van der Waals surface area contributed by atoms with Crippen molar-refractivity contribution < 1.29 is 4.74 Å². The van der Waals surface area contributed by atoms with Gasteiger partial charge in [-0.05, 0) is 23.6 Å². The fraction of sp³-hybridized carbons (Fsp3) is 0.600. The van der Waals surface area contributed by atoms with Crippen molar-refractivity contribution in [2.24, 2.45) is 5.92 Å². The average molecular weight is 270 g/mol. The molecule has 0 saturated carbocycles. The van der Waals surface area contributed by atoms with E-state index in [0.717, 1.165) is 18.2 Å². The van der Waals surface area contributed by atoms with Crippen LogP contribution in [0.25, 0.3) is 0 Å². The van der Waals surface area contributed by atoms with Crippen LogP contribution in [0.4, 0.5) is 0 Å². The maximum atomic E-state index is 5.94. The molecule has 3 heteroatoms. The van der Waals surface area contributed by atoms with Gasteiger partial charge in [0.05, 0.1) is 0 Å². The van der Waals surface area contributed by atoms with Crippen LogP contribution in [0.15, 0.2) is 24.3 Å². The van der Waals surface area contributed by atoms with E-state index in [1.54, 1.807) is 7.11 Å². The molecule has 0 aliphatic rings. The van der Waals surface area contributed by atoms with Crippen molar-refractivity contribution in [1.82, 2.24) is 5.32 Å². The summed E-state index contributed by atoms with van der Waals surface area (Å²) < 4.78 is 5.28. The molecule has 0 spiro atoms. The molecule has 1 N–H and O–H groups in total. The summed E-state index contributed by atoms with van der Waals surface area (Å²) in [6.45, 7) is 8.29. The Labute approximate surface area is 116 Å². The first-order valence-corrected chi connectivity index (χ1v) is 6.90. The highest BCUT2D eigenvalue weighted by Gasteiger charge is 2.19. The van der Waals surface area contributed by atoms with E-state index in [9.17, 15) is 0 Å². The van der Waals surface area contributed by atoms with Crippen LogP contribution in [-0.2, 0) is 4.74 Å². The van der Waals surface area contributed by atoms with Crippen molar-refractivity contribution in [1.29, 1.82) is 0 Å². The minimum absolute atomic E-state index is 0.449. The zero-order valence-corrected chi connectivity index (χ0v) is 12.5. The normalized spacial score (nSPS) is 14.8. The third kappa shape index (κ3) is 4.97. The molecule has 1 rings (SSSR count).